The highest BCUT2D eigenvalue weighted by atomic mass is 28.3. The minimum Gasteiger partial charge on any atom is -0.440 e. The summed E-state index contributed by atoms with van der Waals surface area (Å²) in [6.45, 7) is 29.2. The number of hydrogen-bond acceptors (Lipinski definition) is 5. The molecule has 1 saturated carbocycles. The third kappa shape index (κ3) is 5.59. The van der Waals surface area contributed by atoms with Gasteiger partial charge in [0.05, 0.1) is 30.9 Å². The molecule has 5 heterocycles. The number of aryl methyl sites for hydroxylation is 1. The number of hydrogen-bond donors (Lipinski definition) is 0. The first-order valence-corrected chi connectivity index (χ1v) is 29.4. The fourth-order valence-electron chi connectivity index (χ4n) is 14.6. The Kier molecular flexibility index (Phi) is 8.67. The van der Waals surface area contributed by atoms with Crippen molar-refractivity contribution in [3.8, 4) is 17.2 Å². The van der Waals surface area contributed by atoms with Gasteiger partial charge in [-0.05, 0) is 173 Å². The van der Waals surface area contributed by atoms with Gasteiger partial charge >= 0.3 is 0 Å². The van der Waals surface area contributed by atoms with Crippen LogP contribution in [0.3, 0.4) is 0 Å². The van der Waals surface area contributed by atoms with Gasteiger partial charge in [-0.2, -0.15) is 5.26 Å². The highest BCUT2D eigenvalue weighted by molar-refractivity contribution is 7.03. The molecule has 3 atom stereocenters. The zero-order valence-electron chi connectivity index (χ0n) is 42.8. The molecule has 2 aliphatic carbocycles. The topological polar surface area (TPSA) is 46.6 Å². The molecule has 6 aromatic carbocycles. The second kappa shape index (κ2) is 13.9. The average molecular weight is 921 g/mol. The van der Waals surface area contributed by atoms with Gasteiger partial charge < -0.3 is 14.2 Å². The van der Waals surface area contributed by atoms with Crippen molar-refractivity contribution in [2.45, 2.75) is 148 Å². The summed E-state index contributed by atoms with van der Waals surface area (Å²) in [5, 5.41) is 12.8. The van der Waals surface area contributed by atoms with Gasteiger partial charge in [0.2, 0.25) is 5.88 Å². The fourth-order valence-corrected chi connectivity index (χ4v) is 15.8. The number of furan rings is 1. The van der Waals surface area contributed by atoms with Crippen molar-refractivity contribution in [2.24, 2.45) is 0 Å². The zero-order valence-corrected chi connectivity index (χ0v) is 43.8. The number of rotatable bonds is 5. The van der Waals surface area contributed by atoms with Gasteiger partial charge in [-0.25, -0.2) is 0 Å². The van der Waals surface area contributed by atoms with E-state index in [2.05, 4.69) is 188 Å². The quantitative estimate of drug-likeness (QED) is 0.161. The molecule has 6 aliphatic rings. The molecule has 0 radical (unpaired) electrons. The van der Waals surface area contributed by atoms with E-state index in [1.165, 1.54) is 97.5 Å². The third-order valence-electron chi connectivity index (χ3n) is 18.5. The number of benzene rings is 6. The molecule has 4 aliphatic heterocycles. The van der Waals surface area contributed by atoms with E-state index in [-0.39, 0.29) is 28.5 Å². The molecule has 13 rings (SSSR count). The number of nitrogens with zero attached hydrogens (tertiary/aromatic N) is 4. The van der Waals surface area contributed by atoms with E-state index in [4.69, 9.17) is 4.42 Å². The van der Waals surface area contributed by atoms with Crippen molar-refractivity contribution in [1.82, 2.24) is 0 Å². The van der Waals surface area contributed by atoms with Crippen LogP contribution in [0.2, 0.25) is 19.6 Å². The zero-order chi connectivity index (χ0) is 48.1. The molecule has 7 heteroatoms. The molecule has 0 N–H and O–H groups in total. The largest absolute Gasteiger partial charge is 0.440 e. The predicted octanol–water partition coefficient (Wildman–Crippen LogP) is 14.4. The Hall–Kier alpha value is -5.97. The first-order chi connectivity index (χ1) is 32.7. The van der Waals surface area contributed by atoms with Crippen LogP contribution < -0.4 is 36.3 Å². The van der Waals surface area contributed by atoms with Crippen LogP contribution in [0.4, 0.5) is 45.7 Å². The van der Waals surface area contributed by atoms with E-state index in [0.717, 1.165) is 47.1 Å². The van der Waals surface area contributed by atoms with Crippen LogP contribution in [0.5, 0.6) is 0 Å². The van der Waals surface area contributed by atoms with E-state index in [1.807, 2.05) is 12.1 Å². The second-order valence-corrected chi connectivity index (χ2v) is 30.1. The van der Waals surface area contributed by atoms with E-state index in [9.17, 15) is 5.26 Å². The van der Waals surface area contributed by atoms with Crippen LogP contribution in [0.1, 0.15) is 133 Å². The van der Waals surface area contributed by atoms with Crippen LogP contribution in [0, 0.1) is 18.3 Å². The van der Waals surface area contributed by atoms with Crippen LogP contribution >= 0.6 is 0 Å². The van der Waals surface area contributed by atoms with Crippen molar-refractivity contribution in [3.05, 3.63) is 130 Å². The van der Waals surface area contributed by atoms with E-state index in [1.54, 1.807) is 11.1 Å². The van der Waals surface area contributed by atoms with Crippen molar-refractivity contribution < 1.29 is 4.42 Å². The third-order valence-corrected chi connectivity index (χ3v) is 20.5. The molecular formula is C62H65BN4OSi. The first-order valence-electron chi connectivity index (χ1n) is 25.9. The minimum absolute atomic E-state index is 0.00779. The molecule has 0 spiro atoms. The summed E-state index contributed by atoms with van der Waals surface area (Å²) in [4.78, 5) is 7.86. The van der Waals surface area contributed by atoms with Crippen molar-refractivity contribution >= 4 is 93.0 Å². The second-order valence-electron chi connectivity index (χ2n) is 25.0. The van der Waals surface area contributed by atoms with Crippen molar-refractivity contribution in [2.75, 3.05) is 14.7 Å². The summed E-state index contributed by atoms with van der Waals surface area (Å²) in [5.41, 5.74) is 24.2. The minimum atomic E-state index is -1.58. The number of nitriles is 1. The summed E-state index contributed by atoms with van der Waals surface area (Å²) < 4.78 is 7.64. The van der Waals surface area contributed by atoms with Crippen molar-refractivity contribution in [1.29, 1.82) is 5.26 Å². The Morgan fingerprint density at radius 1 is 0.783 bits per heavy atom. The smallest absolute Gasteiger partial charge is 0.258 e. The van der Waals surface area contributed by atoms with Gasteiger partial charge in [0, 0.05) is 50.4 Å². The molecule has 69 heavy (non-hydrogen) atoms. The van der Waals surface area contributed by atoms with Gasteiger partial charge in [0.1, 0.15) is 5.58 Å². The molecule has 0 bridgehead atoms. The maximum absolute atomic E-state index is 10.00. The van der Waals surface area contributed by atoms with Crippen LogP contribution in [0.25, 0.3) is 22.1 Å². The molecule has 3 unspecified atom stereocenters. The maximum Gasteiger partial charge on any atom is 0.258 e. The molecular weight excluding hydrogens is 856 g/mol. The molecule has 7 aromatic rings. The monoisotopic (exact) mass is 921 g/mol. The maximum atomic E-state index is 10.00. The highest BCUT2D eigenvalue weighted by Gasteiger charge is 2.63. The lowest BCUT2D eigenvalue weighted by Crippen LogP contribution is -2.65. The average Bonchev–Trinajstić information content (AvgIpc) is 3.80. The summed E-state index contributed by atoms with van der Waals surface area (Å²) in [6, 6.07) is 39.4. The predicted molar refractivity (Wildman–Crippen MR) is 294 cm³/mol. The molecule has 5 nitrogen and oxygen atoms in total. The Balaban J connectivity index is 1.19. The van der Waals surface area contributed by atoms with E-state index >= 15 is 0 Å². The first kappa shape index (κ1) is 43.1. The Bertz CT molecular complexity index is 3420. The fraction of sp³-hybridized carbons (Fsp3) is 0.371. The SMILES string of the molecule is Cc1cc2c3c4c1C1(C)CCCCC1(C)N4c1cc(N(c4ccc(C#N)cc4)c4ccc([Si](C)(C)C)cc4)cc4c1B3c1c(oc3cc5c(c-2c13)C(C)CCC5(C)C)N4c1ccc(C(C)(C)C)cc1. The van der Waals surface area contributed by atoms with Gasteiger partial charge in [0.25, 0.3) is 6.71 Å². The summed E-state index contributed by atoms with van der Waals surface area (Å²) in [5.74, 6) is 1.39. The summed E-state index contributed by atoms with van der Waals surface area (Å²) in [7, 11) is -1.58. The van der Waals surface area contributed by atoms with Gasteiger partial charge in [0.15, 0.2) is 0 Å². The molecule has 0 amide bonds. The molecule has 1 aromatic heterocycles. The van der Waals surface area contributed by atoms with Gasteiger partial charge in [-0.3, -0.25) is 4.90 Å². The molecule has 346 valence electrons. The number of fused-ring (bicyclic) bond motifs is 7. The van der Waals surface area contributed by atoms with Crippen LogP contribution in [-0.2, 0) is 16.2 Å². The molecule has 0 saturated heterocycles. The Morgan fingerprint density at radius 3 is 2.12 bits per heavy atom. The van der Waals surface area contributed by atoms with Crippen molar-refractivity contribution in [3.63, 3.8) is 0 Å². The lowest BCUT2D eigenvalue weighted by Gasteiger charge is -2.53. The van der Waals surface area contributed by atoms with Crippen LogP contribution in [-0.4, -0.2) is 20.3 Å². The Morgan fingerprint density at radius 2 is 1.45 bits per heavy atom. The molecule has 1 fully saturated rings. The lowest BCUT2D eigenvalue weighted by atomic mass is 9.31. The standard InChI is InChI=1S/C62H65BN4OSi/c1-36-27-30-60(6,7)46-34-49-52-51(50(36)46)45-31-37(2)53-57-54(45)63-55-47(66(58(68-49)56(52)63)42-21-17-39(18-22-42)59(3,4)5)32-43(33-48(55)67(57)62(9)29-14-13-28-61(53,62)8)65(40-19-15-38(35-64)16-20-40)41-23-25-44(26-24-41)69(10,11)12/h15-26,31-34,36H,13-14,27-30H2,1-12H3. The summed E-state index contributed by atoms with van der Waals surface area (Å²) >= 11 is 0. The van der Waals surface area contributed by atoms with Gasteiger partial charge in [-0.15, -0.1) is 0 Å². The van der Waals surface area contributed by atoms with Gasteiger partial charge in [-0.1, -0.05) is 116 Å². The highest BCUT2D eigenvalue weighted by Crippen LogP contribution is 2.65. The number of anilines is 8. The van der Waals surface area contributed by atoms with E-state index < -0.39 is 8.07 Å². The Labute approximate surface area is 411 Å². The summed E-state index contributed by atoms with van der Waals surface area (Å²) in [6.07, 6.45) is 7.10. The van der Waals surface area contributed by atoms with E-state index in [0.29, 0.717) is 11.5 Å². The lowest BCUT2D eigenvalue weighted by molar-refractivity contribution is 0.194. The van der Waals surface area contributed by atoms with Crippen LogP contribution in [0.15, 0.2) is 101 Å². The normalized spacial score (nSPS) is 22.1.